The van der Waals surface area contributed by atoms with Gasteiger partial charge in [0, 0.05) is 17.1 Å². The second-order valence-corrected chi connectivity index (χ2v) is 10.5. The Bertz CT molecular complexity index is 826. The minimum Gasteiger partial charge on any atom is -0.481 e. The van der Waals surface area contributed by atoms with E-state index in [2.05, 4.69) is 10.0 Å². The zero-order chi connectivity index (χ0) is 21.3. The lowest BCUT2D eigenvalue weighted by molar-refractivity contribution is -0.137. The average Bonchev–Trinajstić information content (AvgIpc) is 2.40. The van der Waals surface area contributed by atoms with Crippen molar-refractivity contribution in [1.82, 2.24) is 10.0 Å². The van der Waals surface area contributed by atoms with Gasteiger partial charge in [0.05, 0.1) is 17.7 Å². The normalized spacial score (nSPS) is 19.3. The Balaban J connectivity index is 2.35. The van der Waals surface area contributed by atoms with Gasteiger partial charge < -0.3 is 15.5 Å². The molecule has 9 heteroatoms. The fourth-order valence-corrected chi connectivity index (χ4v) is 5.48. The number of benzene rings is 1. The lowest BCUT2D eigenvalue weighted by Gasteiger charge is -2.46. The zero-order valence-corrected chi connectivity index (χ0v) is 17.4. The number of carboxylic acid groups (broad SMARTS) is 2. The smallest absolute Gasteiger partial charge is 0.307 e. The van der Waals surface area contributed by atoms with E-state index in [1.165, 1.54) is 18.2 Å². The lowest BCUT2D eigenvalue weighted by atomic mass is 9.80. The molecule has 1 heterocycles. The first-order valence-electron chi connectivity index (χ1n) is 9.06. The minimum atomic E-state index is -3.94. The predicted molar refractivity (Wildman–Crippen MR) is 104 cm³/mol. The van der Waals surface area contributed by atoms with Crippen molar-refractivity contribution in [3.63, 3.8) is 0 Å². The fourth-order valence-electron chi connectivity index (χ4n) is 4.13. The second-order valence-electron chi connectivity index (χ2n) is 8.75. The van der Waals surface area contributed by atoms with E-state index in [1.54, 1.807) is 0 Å². The molecule has 1 aliphatic heterocycles. The van der Waals surface area contributed by atoms with E-state index >= 15 is 0 Å². The van der Waals surface area contributed by atoms with E-state index in [0.29, 0.717) is 12.8 Å². The number of aliphatic carboxylic acids is 2. The first-order chi connectivity index (χ1) is 12.7. The predicted octanol–water partition coefficient (Wildman–Crippen LogP) is 1.53. The number of piperidine rings is 1. The highest BCUT2D eigenvalue weighted by Crippen LogP contribution is 2.29. The molecule has 156 valence electrons. The van der Waals surface area contributed by atoms with Crippen LogP contribution in [0.15, 0.2) is 23.1 Å². The number of carbonyl (C=O) groups is 2. The summed E-state index contributed by atoms with van der Waals surface area (Å²) >= 11 is 0. The quantitative estimate of drug-likeness (QED) is 0.534. The summed E-state index contributed by atoms with van der Waals surface area (Å²) in [6.07, 6.45) is 0.408. The van der Waals surface area contributed by atoms with Crippen LogP contribution in [-0.4, -0.2) is 47.7 Å². The molecule has 1 aromatic rings. The van der Waals surface area contributed by atoms with E-state index in [9.17, 15) is 18.0 Å². The Labute approximate surface area is 165 Å². The maximum atomic E-state index is 13.0. The Kier molecular flexibility index (Phi) is 6.22. The third-order valence-corrected chi connectivity index (χ3v) is 6.06. The molecule has 2 rings (SSSR count). The van der Waals surface area contributed by atoms with Crippen molar-refractivity contribution < 1.29 is 28.2 Å². The Morgan fingerprint density at radius 3 is 1.82 bits per heavy atom. The van der Waals surface area contributed by atoms with Crippen molar-refractivity contribution in [1.29, 1.82) is 0 Å². The van der Waals surface area contributed by atoms with Gasteiger partial charge in [0.15, 0.2) is 0 Å². The summed E-state index contributed by atoms with van der Waals surface area (Å²) in [6.45, 7) is 8.03. The van der Waals surface area contributed by atoms with Crippen molar-refractivity contribution >= 4 is 22.0 Å². The molecule has 0 aliphatic carbocycles. The van der Waals surface area contributed by atoms with E-state index in [0.717, 1.165) is 0 Å². The number of carboxylic acids is 2. The van der Waals surface area contributed by atoms with E-state index in [-0.39, 0.29) is 46.0 Å². The van der Waals surface area contributed by atoms with Crippen LogP contribution in [0.3, 0.4) is 0 Å². The molecule has 0 atom stereocenters. The number of sulfonamides is 1. The third kappa shape index (κ3) is 6.29. The summed E-state index contributed by atoms with van der Waals surface area (Å²) in [4.78, 5) is 22.0. The number of hydrogen-bond donors (Lipinski definition) is 4. The van der Waals surface area contributed by atoms with Crippen LogP contribution in [0, 0.1) is 0 Å². The van der Waals surface area contributed by atoms with Gasteiger partial charge in [-0.1, -0.05) is 6.07 Å². The molecular weight excluding hydrogens is 384 g/mol. The Hall–Kier alpha value is -1.97. The molecule has 0 spiro atoms. The van der Waals surface area contributed by atoms with Gasteiger partial charge in [0.2, 0.25) is 10.0 Å². The SMILES string of the molecule is CC1(C)CC(NS(=O)(=O)c2cc(CC(=O)O)cc(CC(=O)O)c2)CC(C)(C)N1. The van der Waals surface area contributed by atoms with Gasteiger partial charge in [-0.15, -0.1) is 0 Å². The van der Waals surface area contributed by atoms with Crippen LogP contribution in [0.1, 0.15) is 51.7 Å². The average molecular weight is 413 g/mol. The fraction of sp³-hybridized carbons (Fsp3) is 0.579. The van der Waals surface area contributed by atoms with E-state index in [1.807, 2.05) is 27.7 Å². The van der Waals surface area contributed by atoms with Gasteiger partial charge in [-0.2, -0.15) is 0 Å². The van der Waals surface area contributed by atoms with Crippen LogP contribution in [0.5, 0.6) is 0 Å². The largest absolute Gasteiger partial charge is 0.481 e. The maximum absolute atomic E-state index is 13.0. The van der Waals surface area contributed by atoms with Crippen molar-refractivity contribution in [3.05, 3.63) is 29.3 Å². The van der Waals surface area contributed by atoms with Crippen LogP contribution < -0.4 is 10.0 Å². The van der Waals surface area contributed by atoms with E-state index in [4.69, 9.17) is 10.2 Å². The molecule has 8 nitrogen and oxygen atoms in total. The molecule has 1 aliphatic rings. The van der Waals surface area contributed by atoms with Gasteiger partial charge in [-0.3, -0.25) is 9.59 Å². The highest BCUT2D eigenvalue weighted by Gasteiger charge is 2.39. The molecule has 0 amide bonds. The van der Waals surface area contributed by atoms with Crippen molar-refractivity contribution in [2.24, 2.45) is 0 Å². The summed E-state index contributed by atoms with van der Waals surface area (Å²) in [6, 6.07) is 3.69. The highest BCUT2D eigenvalue weighted by atomic mass is 32.2. The third-order valence-electron chi connectivity index (χ3n) is 4.56. The zero-order valence-electron chi connectivity index (χ0n) is 16.6. The summed E-state index contributed by atoms with van der Waals surface area (Å²) in [7, 11) is -3.94. The maximum Gasteiger partial charge on any atom is 0.307 e. The minimum absolute atomic E-state index is 0.114. The molecule has 4 N–H and O–H groups in total. The van der Waals surface area contributed by atoms with Crippen LogP contribution in [0.4, 0.5) is 0 Å². The molecule has 1 saturated heterocycles. The summed E-state index contributed by atoms with van der Waals surface area (Å²) in [5.74, 6) is -2.24. The van der Waals surface area contributed by atoms with Crippen molar-refractivity contribution in [3.8, 4) is 0 Å². The van der Waals surface area contributed by atoms with Gasteiger partial charge >= 0.3 is 11.9 Å². The molecule has 0 unspecified atom stereocenters. The van der Waals surface area contributed by atoms with Crippen LogP contribution in [-0.2, 0) is 32.5 Å². The van der Waals surface area contributed by atoms with Crippen molar-refractivity contribution in [2.45, 2.75) is 75.4 Å². The summed E-state index contributed by atoms with van der Waals surface area (Å²) in [5.41, 5.74) is -0.0152. The summed E-state index contributed by atoms with van der Waals surface area (Å²) < 4.78 is 28.7. The van der Waals surface area contributed by atoms with Gasteiger partial charge in [-0.25, -0.2) is 13.1 Å². The molecule has 0 saturated carbocycles. The van der Waals surface area contributed by atoms with Crippen LogP contribution >= 0.6 is 0 Å². The standard InChI is InChI=1S/C19H28N2O6S/c1-18(2)10-14(11-19(3,4)21-18)20-28(26,27)15-6-12(8-16(22)23)5-13(7-15)9-17(24)25/h5-7,14,20-21H,8-11H2,1-4H3,(H,22,23)(H,24,25). The topological polar surface area (TPSA) is 133 Å². The van der Waals surface area contributed by atoms with Crippen LogP contribution in [0.25, 0.3) is 0 Å². The Morgan fingerprint density at radius 1 is 1.00 bits per heavy atom. The van der Waals surface area contributed by atoms with Crippen molar-refractivity contribution in [2.75, 3.05) is 0 Å². The molecule has 0 bridgehead atoms. The van der Waals surface area contributed by atoms with E-state index < -0.39 is 22.0 Å². The highest BCUT2D eigenvalue weighted by molar-refractivity contribution is 7.89. The molecule has 1 fully saturated rings. The molecular formula is C19H28N2O6S. The molecule has 28 heavy (non-hydrogen) atoms. The molecule has 0 aromatic heterocycles. The lowest BCUT2D eigenvalue weighted by Crippen LogP contribution is -2.62. The first kappa shape index (κ1) is 22.3. The van der Waals surface area contributed by atoms with Crippen LogP contribution in [0.2, 0.25) is 0 Å². The summed E-state index contributed by atoms with van der Waals surface area (Å²) in [5, 5.41) is 21.5. The van der Waals surface area contributed by atoms with Gasteiger partial charge in [0.25, 0.3) is 0 Å². The van der Waals surface area contributed by atoms with Gasteiger partial charge in [-0.05, 0) is 63.8 Å². The number of nitrogens with one attached hydrogen (secondary N) is 2. The molecule has 1 aromatic carbocycles. The number of rotatable bonds is 7. The Morgan fingerprint density at radius 2 is 1.43 bits per heavy atom. The number of hydrogen-bond acceptors (Lipinski definition) is 5. The van der Waals surface area contributed by atoms with Gasteiger partial charge in [0.1, 0.15) is 0 Å². The monoisotopic (exact) mass is 412 g/mol. The first-order valence-corrected chi connectivity index (χ1v) is 10.5. The second kappa shape index (κ2) is 7.81. The molecule has 0 radical (unpaired) electrons.